The van der Waals surface area contributed by atoms with Gasteiger partial charge < -0.3 is 24.3 Å². The van der Waals surface area contributed by atoms with Gasteiger partial charge in [0.2, 0.25) is 0 Å². The second-order valence-electron chi connectivity index (χ2n) is 7.82. The van der Waals surface area contributed by atoms with Crippen LogP contribution in [0.1, 0.15) is 34.8 Å². The summed E-state index contributed by atoms with van der Waals surface area (Å²) >= 11 is 0. The largest absolute Gasteiger partial charge is 0.459 e. The molecule has 1 aliphatic rings. The maximum absolute atomic E-state index is 12.5. The average molecular weight is 441 g/mol. The van der Waals surface area contributed by atoms with E-state index in [4.69, 9.17) is 9.15 Å². The number of rotatable bonds is 7. The van der Waals surface area contributed by atoms with E-state index < -0.39 is 18.6 Å². The first-order chi connectivity index (χ1) is 15.4. The summed E-state index contributed by atoms with van der Waals surface area (Å²) in [7, 11) is 0. The molecule has 0 saturated carbocycles. The smallest absolute Gasteiger partial charge is 0.329 e. The number of hydrogen-bond donors (Lipinski definition) is 1. The number of benzene rings is 1. The van der Waals surface area contributed by atoms with Gasteiger partial charge in [0.1, 0.15) is 6.04 Å². The van der Waals surface area contributed by atoms with Crippen molar-refractivity contribution in [2.45, 2.75) is 19.9 Å². The van der Waals surface area contributed by atoms with Gasteiger partial charge in [-0.25, -0.2) is 4.79 Å². The second kappa shape index (κ2) is 10.6. The molecule has 32 heavy (non-hydrogen) atoms. The topological polar surface area (TPSA) is 109 Å². The summed E-state index contributed by atoms with van der Waals surface area (Å²) in [5.41, 5.74) is 0.434. The zero-order valence-corrected chi connectivity index (χ0v) is 18.2. The fourth-order valence-electron chi connectivity index (χ4n) is 3.34. The van der Waals surface area contributed by atoms with Gasteiger partial charge in [0, 0.05) is 31.7 Å². The number of nitrogens with one attached hydrogen (secondary N) is 1. The average Bonchev–Trinajstić information content (AvgIpc) is 3.35. The van der Waals surface area contributed by atoms with E-state index in [0.29, 0.717) is 31.7 Å². The third kappa shape index (κ3) is 5.75. The van der Waals surface area contributed by atoms with Crippen LogP contribution in [0.2, 0.25) is 0 Å². The quantitative estimate of drug-likeness (QED) is 0.653. The minimum atomic E-state index is -0.877. The van der Waals surface area contributed by atoms with E-state index in [-0.39, 0.29) is 29.4 Å². The van der Waals surface area contributed by atoms with Crippen LogP contribution < -0.4 is 5.32 Å². The number of carbonyl (C=O) groups is 4. The summed E-state index contributed by atoms with van der Waals surface area (Å²) in [4.78, 5) is 52.9. The maximum Gasteiger partial charge on any atom is 0.329 e. The predicted octanol–water partition coefficient (Wildman–Crippen LogP) is 1.56. The van der Waals surface area contributed by atoms with Crippen LogP contribution in [0, 0.1) is 5.92 Å². The van der Waals surface area contributed by atoms with E-state index >= 15 is 0 Å². The van der Waals surface area contributed by atoms with E-state index in [0.717, 1.165) is 0 Å². The molecule has 3 rings (SSSR count). The fourth-order valence-corrected chi connectivity index (χ4v) is 3.34. The van der Waals surface area contributed by atoms with Gasteiger partial charge in [-0.05, 0) is 30.2 Å². The summed E-state index contributed by atoms with van der Waals surface area (Å²) in [5, 5.41) is 2.68. The lowest BCUT2D eigenvalue weighted by Crippen LogP contribution is -2.52. The van der Waals surface area contributed by atoms with Gasteiger partial charge in [-0.1, -0.05) is 32.0 Å². The van der Waals surface area contributed by atoms with Crippen LogP contribution in [-0.2, 0) is 14.3 Å². The zero-order chi connectivity index (χ0) is 23.1. The molecule has 1 aliphatic heterocycles. The van der Waals surface area contributed by atoms with Crippen molar-refractivity contribution >= 4 is 23.7 Å². The molecule has 0 unspecified atom stereocenters. The van der Waals surface area contributed by atoms with Crippen LogP contribution >= 0.6 is 0 Å². The third-order valence-corrected chi connectivity index (χ3v) is 5.23. The maximum atomic E-state index is 12.5. The molecule has 170 valence electrons. The molecule has 1 fully saturated rings. The first kappa shape index (κ1) is 23.1. The van der Waals surface area contributed by atoms with Crippen molar-refractivity contribution in [3.63, 3.8) is 0 Å². The molecule has 1 aromatic heterocycles. The van der Waals surface area contributed by atoms with Crippen LogP contribution in [0.15, 0.2) is 53.1 Å². The minimum Gasteiger partial charge on any atom is -0.459 e. The van der Waals surface area contributed by atoms with E-state index in [1.165, 1.54) is 6.26 Å². The van der Waals surface area contributed by atoms with Crippen LogP contribution in [0.5, 0.6) is 0 Å². The minimum absolute atomic E-state index is 0.220. The van der Waals surface area contributed by atoms with Gasteiger partial charge in [-0.3, -0.25) is 14.4 Å². The molecule has 0 radical (unpaired) electrons. The van der Waals surface area contributed by atoms with Crippen molar-refractivity contribution in [3.05, 3.63) is 60.1 Å². The van der Waals surface area contributed by atoms with E-state index in [1.54, 1.807) is 66.1 Å². The highest BCUT2D eigenvalue weighted by Gasteiger charge is 2.29. The Morgan fingerprint density at radius 1 is 0.969 bits per heavy atom. The number of amides is 3. The number of piperazine rings is 1. The van der Waals surface area contributed by atoms with Crippen LogP contribution in [0.3, 0.4) is 0 Å². The predicted molar refractivity (Wildman–Crippen MR) is 115 cm³/mol. The number of esters is 1. The van der Waals surface area contributed by atoms with Gasteiger partial charge in [0.25, 0.3) is 17.7 Å². The van der Waals surface area contributed by atoms with E-state index in [1.807, 2.05) is 0 Å². The molecule has 0 spiro atoms. The van der Waals surface area contributed by atoms with E-state index in [2.05, 4.69) is 5.32 Å². The number of carbonyl (C=O) groups excluding carboxylic acids is 4. The first-order valence-electron chi connectivity index (χ1n) is 10.5. The summed E-state index contributed by atoms with van der Waals surface area (Å²) in [6.07, 6.45) is 1.44. The number of ether oxygens (including phenoxy) is 1. The SMILES string of the molecule is CC(C)[C@H](NC(=O)c1ccccc1)C(=O)OCC(=O)N1CCN(C(=O)c2ccco2)CC1. The Morgan fingerprint density at radius 2 is 1.62 bits per heavy atom. The van der Waals surface area contributed by atoms with Gasteiger partial charge in [0.05, 0.1) is 6.26 Å². The Kier molecular flexibility index (Phi) is 7.64. The monoisotopic (exact) mass is 441 g/mol. The van der Waals surface area contributed by atoms with Crippen LogP contribution in [0.4, 0.5) is 0 Å². The van der Waals surface area contributed by atoms with Crippen molar-refractivity contribution in [1.29, 1.82) is 0 Å². The summed E-state index contributed by atoms with van der Waals surface area (Å²) in [6, 6.07) is 10.9. The van der Waals surface area contributed by atoms with E-state index in [9.17, 15) is 19.2 Å². The van der Waals surface area contributed by atoms with Crippen molar-refractivity contribution in [3.8, 4) is 0 Å². The molecule has 1 saturated heterocycles. The lowest BCUT2D eigenvalue weighted by molar-refractivity contribution is -0.155. The first-order valence-corrected chi connectivity index (χ1v) is 10.5. The summed E-state index contributed by atoms with van der Waals surface area (Å²) in [5.74, 6) is -1.57. The normalized spacial score (nSPS) is 14.7. The molecule has 0 aliphatic carbocycles. The molecule has 3 amide bonds. The van der Waals surface area contributed by atoms with Crippen molar-refractivity contribution < 1.29 is 28.3 Å². The number of hydrogen-bond acceptors (Lipinski definition) is 6. The second-order valence-corrected chi connectivity index (χ2v) is 7.82. The Morgan fingerprint density at radius 3 is 2.22 bits per heavy atom. The number of furan rings is 1. The molecule has 1 aromatic carbocycles. The van der Waals surface area contributed by atoms with Gasteiger partial charge in [-0.2, -0.15) is 0 Å². The molecule has 1 N–H and O–H groups in total. The molecule has 2 heterocycles. The molecule has 9 heteroatoms. The van der Waals surface area contributed by atoms with Crippen molar-refractivity contribution in [2.75, 3.05) is 32.8 Å². The lowest BCUT2D eigenvalue weighted by Gasteiger charge is -2.34. The van der Waals surface area contributed by atoms with Crippen LogP contribution in [0.25, 0.3) is 0 Å². The van der Waals surface area contributed by atoms with Gasteiger partial charge in [-0.15, -0.1) is 0 Å². The van der Waals surface area contributed by atoms with Gasteiger partial charge >= 0.3 is 5.97 Å². The highest BCUT2D eigenvalue weighted by molar-refractivity contribution is 5.97. The lowest BCUT2D eigenvalue weighted by atomic mass is 10.0. The van der Waals surface area contributed by atoms with Crippen molar-refractivity contribution in [2.24, 2.45) is 5.92 Å². The highest BCUT2D eigenvalue weighted by atomic mass is 16.5. The molecule has 0 bridgehead atoms. The molecular formula is C23H27N3O6. The summed E-state index contributed by atoms with van der Waals surface area (Å²) < 4.78 is 10.3. The van der Waals surface area contributed by atoms with Crippen molar-refractivity contribution in [1.82, 2.24) is 15.1 Å². The third-order valence-electron chi connectivity index (χ3n) is 5.23. The Hall–Kier alpha value is -3.62. The molecule has 1 atom stereocenters. The summed E-state index contributed by atoms with van der Waals surface area (Å²) in [6.45, 7) is 4.54. The van der Waals surface area contributed by atoms with Gasteiger partial charge in [0.15, 0.2) is 12.4 Å². The Bertz CT molecular complexity index is 934. The Balaban J connectivity index is 1.47. The molecule has 2 aromatic rings. The molecular weight excluding hydrogens is 414 g/mol. The zero-order valence-electron chi connectivity index (χ0n) is 18.2. The number of nitrogens with zero attached hydrogens (tertiary/aromatic N) is 2. The standard InChI is InChI=1S/C23H27N3O6/c1-16(2)20(24-21(28)17-7-4-3-5-8-17)23(30)32-15-19(27)25-10-12-26(13-11-25)22(29)18-9-6-14-31-18/h3-9,14,16,20H,10-13,15H2,1-2H3,(H,24,28)/t20-/m0/s1. The fraction of sp³-hybridized carbons (Fsp3) is 0.391. The molecule has 9 nitrogen and oxygen atoms in total. The highest BCUT2D eigenvalue weighted by Crippen LogP contribution is 2.11. The van der Waals surface area contributed by atoms with Crippen LogP contribution in [-0.4, -0.2) is 72.3 Å². The Labute approximate surface area is 186 Å².